The minimum absolute atomic E-state index is 0.140. The Labute approximate surface area is 139 Å². The second-order valence-corrected chi connectivity index (χ2v) is 5.92. The predicted molar refractivity (Wildman–Crippen MR) is 83.4 cm³/mol. The van der Waals surface area contributed by atoms with Crippen LogP contribution in [0.25, 0.3) is 0 Å². The molecular formula is C17H22F3NO3. The third kappa shape index (κ3) is 4.55. The van der Waals surface area contributed by atoms with Crippen molar-refractivity contribution in [2.45, 2.75) is 38.9 Å². The number of hydrogen-bond donors (Lipinski definition) is 0. The van der Waals surface area contributed by atoms with Crippen LogP contribution >= 0.6 is 0 Å². The third-order valence-corrected chi connectivity index (χ3v) is 4.12. The maximum atomic E-state index is 12.9. The second kappa shape index (κ2) is 7.32. The molecule has 0 N–H and O–H groups in total. The lowest BCUT2D eigenvalue weighted by Gasteiger charge is -2.30. The molecule has 1 aromatic rings. The molecule has 0 unspecified atom stereocenters. The number of carbonyl (C=O) groups excluding carboxylic acids is 1. The highest BCUT2D eigenvalue weighted by molar-refractivity contribution is 5.95. The molecule has 1 fully saturated rings. The van der Waals surface area contributed by atoms with Gasteiger partial charge in [0.25, 0.3) is 5.91 Å². The number of carbonyl (C=O) groups is 1. The van der Waals surface area contributed by atoms with Gasteiger partial charge in [-0.1, -0.05) is 0 Å². The van der Waals surface area contributed by atoms with Crippen LogP contribution in [-0.2, 0) is 0 Å². The summed E-state index contributed by atoms with van der Waals surface area (Å²) < 4.78 is 49.3. The summed E-state index contributed by atoms with van der Waals surface area (Å²) in [5.74, 6) is 0.277. The van der Waals surface area contributed by atoms with E-state index in [1.807, 2.05) is 0 Å². The Kier molecular flexibility index (Phi) is 5.62. The smallest absolute Gasteiger partial charge is 0.406 e. The van der Waals surface area contributed by atoms with Gasteiger partial charge in [-0.05, 0) is 50.8 Å². The molecule has 1 saturated carbocycles. The highest BCUT2D eigenvalue weighted by Gasteiger charge is 2.40. The van der Waals surface area contributed by atoms with Crippen LogP contribution in [0.4, 0.5) is 13.2 Å². The van der Waals surface area contributed by atoms with Crippen molar-refractivity contribution in [3.05, 3.63) is 23.8 Å². The first-order valence-electron chi connectivity index (χ1n) is 7.95. The van der Waals surface area contributed by atoms with Crippen LogP contribution in [-0.4, -0.2) is 43.3 Å². The van der Waals surface area contributed by atoms with E-state index < -0.39 is 24.7 Å². The Morgan fingerprint density at radius 3 is 2.50 bits per heavy atom. The van der Waals surface area contributed by atoms with Crippen LogP contribution in [0.2, 0.25) is 0 Å². The van der Waals surface area contributed by atoms with Gasteiger partial charge in [-0.15, -0.1) is 0 Å². The number of rotatable bonds is 7. The van der Waals surface area contributed by atoms with Gasteiger partial charge in [0.2, 0.25) is 0 Å². The molecule has 7 heteroatoms. The predicted octanol–water partition coefficient (Wildman–Crippen LogP) is 3.90. The van der Waals surface area contributed by atoms with Crippen LogP contribution < -0.4 is 9.47 Å². The number of methoxy groups -OCH3 is 1. The first-order chi connectivity index (χ1) is 11.3. The van der Waals surface area contributed by atoms with Crippen molar-refractivity contribution in [3.8, 4) is 11.5 Å². The Hall–Kier alpha value is -1.92. The first kappa shape index (κ1) is 18.4. The van der Waals surface area contributed by atoms with E-state index in [4.69, 9.17) is 9.47 Å². The van der Waals surface area contributed by atoms with E-state index in [2.05, 4.69) is 0 Å². The summed E-state index contributed by atoms with van der Waals surface area (Å²) in [5, 5.41) is 0. The molecular weight excluding hydrogens is 323 g/mol. The van der Waals surface area contributed by atoms with E-state index >= 15 is 0 Å². The van der Waals surface area contributed by atoms with Gasteiger partial charge in [0, 0.05) is 11.6 Å². The molecule has 0 aromatic heterocycles. The lowest BCUT2D eigenvalue weighted by atomic mass is 10.1. The maximum Gasteiger partial charge on any atom is 0.406 e. The van der Waals surface area contributed by atoms with Crippen molar-refractivity contribution in [1.82, 2.24) is 4.90 Å². The van der Waals surface area contributed by atoms with Crippen molar-refractivity contribution < 1.29 is 27.4 Å². The molecule has 24 heavy (non-hydrogen) atoms. The molecule has 0 spiro atoms. The molecule has 0 heterocycles. The van der Waals surface area contributed by atoms with E-state index in [0.29, 0.717) is 18.1 Å². The van der Waals surface area contributed by atoms with Gasteiger partial charge in [0.1, 0.15) is 6.54 Å². The van der Waals surface area contributed by atoms with E-state index in [0.717, 1.165) is 17.7 Å². The van der Waals surface area contributed by atoms with E-state index in [1.165, 1.54) is 25.3 Å². The minimum atomic E-state index is -4.44. The minimum Gasteiger partial charge on any atom is -0.493 e. The van der Waals surface area contributed by atoms with Crippen LogP contribution in [0.3, 0.4) is 0 Å². The molecule has 0 radical (unpaired) electrons. The van der Waals surface area contributed by atoms with Crippen LogP contribution in [0.1, 0.15) is 37.0 Å². The number of benzene rings is 1. The van der Waals surface area contributed by atoms with Gasteiger partial charge in [-0.3, -0.25) is 4.79 Å². The fraction of sp³-hybridized carbons (Fsp3) is 0.588. The van der Waals surface area contributed by atoms with Crippen molar-refractivity contribution in [1.29, 1.82) is 0 Å². The van der Waals surface area contributed by atoms with Crippen molar-refractivity contribution >= 4 is 5.91 Å². The summed E-state index contributed by atoms with van der Waals surface area (Å²) in [5.41, 5.74) is 0.163. The Morgan fingerprint density at radius 1 is 1.33 bits per heavy atom. The summed E-state index contributed by atoms with van der Waals surface area (Å²) in [6.07, 6.45) is -2.72. The molecule has 2 rings (SSSR count). The fourth-order valence-corrected chi connectivity index (χ4v) is 2.67. The molecule has 1 aliphatic carbocycles. The van der Waals surface area contributed by atoms with Crippen LogP contribution in [0.15, 0.2) is 18.2 Å². The molecule has 1 amide bonds. The SMILES string of the molecule is CCOc1cc(C(=O)N(CC(F)(F)F)[C@H](C)C2CC2)ccc1OC. The molecule has 0 bridgehead atoms. The van der Waals surface area contributed by atoms with Gasteiger partial charge in [0.15, 0.2) is 11.5 Å². The third-order valence-electron chi connectivity index (χ3n) is 4.12. The van der Waals surface area contributed by atoms with Gasteiger partial charge in [-0.2, -0.15) is 13.2 Å². The number of nitrogens with zero attached hydrogens (tertiary/aromatic N) is 1. The van der Waals surface area contributed by atoms with E-state index in [9.17, 15) is 18.0 Å². The standard InChI is InChI=1S/C17H22F3NO3/c1-4-24-15-9-13(7-8-14(15)23-3)16(22)21(10-17(18,19)20)11(2)12-5-6-12/h7-9,11-12H,4-6,10H2,1-3H3/t11-/m1/s1. The largest absolute Gasteiger partial charge is 0.493 e. The summed E-state index contributed by atoms with van der Waals surface area (Å²) in [4.78, 5) is 13.6. The normalized spacial score (nSPS) is 15.8. The summed E-state index contributed by atoms with van der Waals surface area (Å²) in [6.45, 7) is 2.56. The quantitative estimate of drug-likeness (QED) is 0.752. The second-order valence-electron chi connectivity index (χ2n) is 5.92. The average Bonchev–Trinajstić information content (AvgIpc) is 3.35. The number of alkyl halides is 3. The van der Waals surface area contributed by atoms with E-state index in [-0.39, 0.29) is 11.5 Å². The Bertz CT molecular complexity index is 585. The molecule has 134 valence electrons. The Balaban J connectivity index is 2.29. The van der Waals surface area contributed by atoms with E-state index in [1.54, 1.807) is 13.8 Å². The van der Waals surface area contributed by atoms with Crippen LogP contribution in [0.5, 0.6) is 11.5 Å². The topological polar surface area (TPSA) is 38.8 Å². The fourth-order valence-electron chi connectivity index (χ4n) is 2.67. The lowest BCUT2D eigenvalue weighted by molar-refractivity contribution is -0.144. The molecule has 4 nitrogen and oxygen atoms in total. The van der Waals surface area contributed by atoms with Crippen molar-refractivity contribution in [3.63, 3.8) is 0 Å². The van der Waals surface area contributed by atoms with Gasteiger partial charge < -0.3 is 14.4 Å². The molecule has 1 aliphatic rings. The summed E-state index contributed by atoms with van der Waals surface area (Å²) >= 11 is 0. The monoisotopic (exact) mass is 345 g/mol. The molecule has 1 atom stereocenters. The number of amides is 1. The van der Waals surface area contributed by atoms with Gasteiger partial charge in [-0.25, -0.2) is 0 Å². The number of halogens is 3. The molecule has 0 saturated heterocycles. The first-order valence-corrected chi connectivity index (χ1v) is 7.95. The molecule has 0 aliphatic heterocycles. The Morgan fingerprint density at radius 2 is 2.00 bits per heavy atom. The zero-order chi connectivity index (χ0) is 17.9. The number of hydrogen-bond acceptors (Lipinski definition) is 3. The van der Waals surface area contributed by atoms with Gasteiger partial charge in [0.05, 0.1) is 13.7 Å². The van der Waals surface area contributed by atoms with Crippen LogP contribution in [0, 0.1) is 5.92 Å². The average molecular weight is 345 g/mol. The maximum absolute atomic E-state index is 12.9. The van der Waals surface area contributed by atoms with Crippen molar-refractivity contribution in [2.75, 3.05) is 20.3 Å². The van der Waals surface area contributed by atoms with Crippen molar-refractivity contribution in [2.24, 2.45) is 5.92 Å². The summed E-state index contributed by atoms with van der Waals surface area (Å²) in [6, 6.07) is 3.99. The number of ether oxygens (including phenoxy) is 2. The summed E-state index contributed by atoms with van der Waals surface area (Å²) in [7, 11) is 1.46. The van der Waals surface area contributed by atoms with Gasteiger partial charge >= 0.3 is 6.18 Å². The zero-order valence-electron chi connectivity index (χ0n) is 14.0. The highest BCUT2D eigenvalue weighted by atomic mass is 19.4. The molecule has 1 aromatic carbocycles. The highest BCUT2D eigenvalue weighted by Crippen LogP contribution is 2.37. The lowest BCUT2D eigenvalue weighted by Crippen LogP contribution is -2.45. The zero-order valence-corrected chi connectivity index (χ0v) is 14.0.